The summed E-state index contributed by atoms with van der Waals surface area (Å²) in [6.07, 6.45) is 2.68. The zero-order valence-corrected chi connectivity index (χ0v) is 20.6. The van der Waals surface area contributed by atoms with Crippen LogP contribution in [0.1, 0.15) is 36.1 Å². The molecular weight excluding hydrogens is 472 g/mol. The lowest BCUT2D eigenvalue weighted by atomic mass is 10.1. The molecule has 178 valence electrons. The molecule has 3 aromatic rings. The Labute approximate surface area is 203 Å². The Hall–Kier alpha value is -3.24. The van der Waals surface area contributed by atoms with E-state index in [0.717, 1.165) is 34.7 Å². The first-order valence-electron chi connectivity index (χ1n) is 11.0. The van der Waals surface area contributed by atoms with E-state index in [9.17, 15) is 13.2 Å². The summed E-state index contributed by atoms with van der Waals surface area (Å²) in [6, 6.07) is 14.5. The van der Waals surface area contributed by atoms with Crippen LogP contribution in [0, 0.1) is 6.92 Å². The molecule has 1 aliphatic heterocycles. The number of amidine groups is 1. The highest BCUT2D eigenvalue weighted by atomic mass is 32.2. The number of carbonyl (C=O) groups excluding carboxylic acids is 1. The number of aromatic nitrogens is 1. The third-order valence-electron chi connectivity index (χ3n) is 5.40. The Kier molecular flexibility index (Phi) is 7.28. The van der Waals surface area contributed by atoms with Crippen LogP contribution in [0.5, 0.6) is 5.75 Å². The molecule has 0 aliphatic carbocycles. The average molecular weight is 499 g/mol. The number of nitrogens with zero attached hydrogens (tertiary/aromatic N) is 2. The molecule has 0 fully saturated rings. The second-order valence-corrected chi connectivity index (χ2v) is 10.7. The van der Waals surface area contributed by atoms with Gasteiger partial charge in [-0.3, -0.25) is 14.5 Å². The monoisotopic (exact) mass is 498 g/mol. The number of methoxy groups -OCH3 is 1. The van der Waals surface area contributed by atoms with E-state index in [0.29, 0.717) is 35.9 Å². The van der Waals surface area contributed by atoms with E-state index < -0.39 is 10.0 Å². The molecule has 10 heteroatoms. The molecule has 8 nitrogen and oxygen atoms in total. The third-order valence-corrected chi connectivity index (χ3v) is 7.68. The van der Waals surface area contributed by atoms with Gasteiger partial charge in [-0.1, -0.05) is 18.6 Å². The first-order chi connectivity index (χ1) is 16.4. The topological polar surface area (TPSA) is 110 Å². The summed E-state index contributed by atoms with van der Waals surface area (Å²) in [4.78, 5) is 22.6. The van der Waals surface area contributed by atoms with Crippen molar-refractivity contribution in [3.63, 3.8) is 0 Å². The Morgan fingerprint density at radius 3 is 2.65 bits per heavy atom. The van der Waals surface area contributed by atoms with Gasteiger partial charge in [-0.2, -0.15) is 0 Å². The molecule has 0 radical (unpaired) electrons. The number of rotatable bonds is 9. The van der Waals surface area contributed by atoms with E-state index >= 15 is 0 Å². The van der Waals surface area contributed by atoms with Gasteiger partial charge in [0.2, 0.25) is 5.91 Å². The Bertz CT molecular complexity index is 1310. The van der Waals surface area contributed by atoms with Gasteiger partial charge in [-0.05, 0) is 56.2 Å². The summed E-state index contributed by atoms with van der Waals surface area (Å²) in [7, 11) is -1.88. The second-order valence-electron chi connectivity index (χ2n) is 7.84. The maximum absolute atomic E-state index is 12.3. The second kappa shape index (κ2) is 10.4. The number of anilines is 1. The number of hydrogen-bond donors (Lipinski definition) is 2. The van der Waals surface area contributed by atoms with Crippen LogP contribution in [0.15, 0.2) is 58.4 Å². The molecule has 2 heterocycles. The van der Waals surface area contributed by atoms with Crippen LogP contribution >= 0.6 is 11.3 Å². The summed E-state index contributed by atoms with van der Waals surface area (Å²) in [5.41, 5.74) is 2.43. The van der Waals surface area contributed by atoms with Crippen molar-refractivity contribution in [2.45, 2.75) is 37.5 Å². The van der Waals surface area contributed by atoms with E-state index in [1.54, 1.807) is 31.4 Å². The first-order valence-corrected chi connectivity index (χ1v) is 13.3. The minimum absolute atomic E-state index is 0.0705. The van der Waals surface area contributed by atoms with Gasteiger partial charge in [0.05, 0.1) is 17.7 Å². The smallest absolute Gasteiger partial charge is 0.263 e. The van der Waals surface area contributed by atoms with Gasteiger partial charge in [0, 0.05) is 29.0 Å². The summed E-state index contributed by atoms with van der Waals surface area (Å²) < 4.78 is 31.9. The molecule has 0 spiro atoms. The van der Waals surface area contributed by atoms with E-state index in [1.807, 2.05) is 31.2 Å². The van der Waals surface area contributed by atoms with Gasteiger partial charge in [0.1, 0.15) is 11.6 Å². The van der Waals surface area contributed by atoms with Crippen molar-refractivity contribution < 1.29 is 17.9 Å². The van der Waals surface area contributed by atoms with E-state index in [1.165, 1.54) is 11.3 Å². The van der Waals surface area contributed by atoms with Crippen molar-refractivity contribution in [1.29, 1.82) is 0 Å². The van der Waals surface area contributed by atoms with Gasteiger partial charge in [0.25, 0.3) is 10.0 Å². The zero-order valence-electron chi connectivity index (χ0n) is 19.0. The molecule has 2 aromatic carbocycles. The van der Waals surface area contributed by atoms with E-state index in [-0.39, 0.29) is 10.8 Å². The fourth-order valence-corrected chi connectivity index (χ4v) is 5.77. The average Bonchev–Trinajstić information content (AvgIpc) is 3.32. The summed E-state index contributed by atoms with van der Waals surface area (Å²) >= 11 is 1.46. The minimum Gasteiger partial charge on any atom is -0.497 e. The van der Waals surface area contributed by atoms with Crippen LogP contribution in [0.2, 0.25) is 0 Å². The number of aryl methyl sites for hydroxylation is 1. The van der Waals surface area contributed by atoms with E-state index in [2.05, 4.69) is 20.0 Å². The van der Waals surface area contributed by atoms with Gasteiger partial charge in [0.15, 0.2) is 5.13 Å². The quantitative estimate of drug-likeness (QED) is 0.426. The number of sulfonamides is 1. The number of thiazole rings is 1. The minimum atomic E-state index is -3.51. The van der Waals surface area contributed by atoms with Crippen molar-refractivity contribution in [3.05, 3.63) is 59.0 Å². The largest absolute Gasteiger partial charge is 0.497 e. The van der Waals surface area contributed by atoms with Crippen molar-refractivity contribution in [2.75, 3.05) is 19.0 Å². The molecule has 0 saturated carbocycles. The van der Waals surface area contributed by atoms with Crippen LogP contribution in [0.3, 0.4) is 0 Å². The lowest BCUT2D eigenvalue weighted by Crippen LogP contribution is -2.22. The molecule has 1 amide bonds. The maximum atomic E-state index is 12.3. The number of aliphatic imine (C=N–C) groups is 1. The standard InChI is InChI=1S/C24H26N4O4S2/c1-16-22(17-11-13-18(32-2)14-12-17)27-24(33-16)26-21(29)10-4-3-7-15-25-23-19-8-5-6-9-20(19)34(30,31)28-23/h5-6,8-9,11-14H,3-4,7,10,15H2,1-2H3,(H,25,28)(H,26,27,29). The highest BCUT2D eigenvalue weighted by molar-refractivity contribution is 7.90. The van der Waals surface area contributed by atoms with Crippen molar-refractivity contribution in [3.8, 4) is 17.0 Å². The van der Waals surface area contributed by atoms with Gasteiger partial charge in [-0.15, -0.1) is 11.3 Å². The van der Waals surface area contributed by atoms with Crippen LogP contribution < -0.4 is 14.8 Å². The lowest BCUT2D eigenvalue weighted by Gasteiger charge is -2.03. The molecule has 1 aromatic heterocycles. The normalized spacial score (nSPS) is 15.1. The fraction of sp³-hybridized carbons (Fsp3) is 0.292. The third kappa shape index (κ3) is 5.45. The Morgan fingerprint density at radius 2 is 1.88 bits per heavy atom. The van der Waals surface area contributed by atoms with Gasteiger partial charge in [-0.25, -0.2) is 13.4 Å². The molecule has 0 atom stereocenters. The summed E-state index contributed by atoms with van der Waals surface area (Å²) in [5, 5.41) is 3.48. The molecule has 2 N–H and O–H groups in total. The molecule has 34 heavy (non-hydrogen) atoms. The Balaban J connectivity index is 1.22. The molecule has 0 bridgehead atoms. The highest BCUT2D eigenvalue weighted by Crippen LogP contribution is 2.31. The SMILES string of the molecule is COc1ccc(-c2nc(NC(=O)CCCCCN=C3NS(=O)(=O)c4ccccc43)sc2C)cc1. The zero-order chi connectivity index (χ0) is 24.1. The molecule has 0 unspecified atom stereocenters. The fourth-order valence-electron chi connectivity index (χ4n) is 3.66. The number of amides is 1. The number of ether oxygens (including phenoxy) is 1. The molecule has 4 rings (SSSR count). The number of carbonyl (C=O) groups is 1. The van der Waals surface area contributed by atoms with Crippen LogP contribution in [-0.2, 0) is 14.8 Å². The van der Waals surface area contributed by atoms with Crippen molar-refractivity contribution in [1.82, 2.24) is 9.71 Å². The van der Waals surface area contributed by atoms with Gasteiger partial charge >= 0.3 is 0 Å². The molecule has 1 aliphatic rings. The summed E-state index contributed by atoms with van der Waals surface area (Å²) in [5.74, 6) is 1.10. The number of fused-ring (bicyclic) bond motifs is 1. The molecular formula is C24H26N4O4S2. The summed E-state index contributed by atoms with van der Waals surface area (Å²) in [6.45, 7) is 2.47. The maximum Gasteiger partial charge on any atom is 0.263 e. The highest BCUT2D eigenvalue weighted by Gasteiger charge is 2.29. The van der Waals surface area contributed by atoms with Crippen LogP contribution in [0.25, 0.3) is 11.3 Å². The lowest BCUT2D eigenvalue weighted by molar-refractivity contribution is -0.116. The number of benzene rings is 2. The van der Waals surface area contributed by atoms with Crippen molar-refractivity contribution >= 4 is 38.2 Å². The van der Waals surface area contributed by atoms with Crippen LogP contribution in [-0.4, -0.2) is 38.8 Å². The first kappa shape index (κ1) is 23.9. The number of nitrogens with one attached hydrogen (secondary N) is 2. The van der Waals surface area contributed by atoms with Crippen molar-refractivity contribution in [2.24, 2.45) is 4.99 Å². The van der Waals surface area contributed by atoms with E-state index in [4.69, 9.17) is 4.74 Å². The number of unbranched alkanes of at least 4 members (excludes halogenated alkanes) is 2. The predicted molar refractivity (Wildman–Crippen MR) is 134 cm³/mol. The predicted octanol–water partition coefficient (Wildman–Crippen LogP) is 4.36. The van der Waals surface area contributed by atoms with Crippen LogP contribution in [0.4, 0.5) is 5.13 Å². The Morgan fingerprint density at radius 1 is 1.12 bits per heavy atom. The van der Waals surface area contributed by atoms with Gasteiger partial charge < -0.3 is 10.1 Å². The molecule has 0 saturated heterocycles. The number of hydrogen-bond acceptors (Lipinski definition) is 7.